The number of methoxy groups -OCH3 is 1. The lowest BCUT2D eigenvalue weighted by atomic mass is 9.98. The minimum absolute atomic E-state index is 0.181. The smallest absolute Gasteiger partial charge is 0.338 e. The molecule has 5 nitrogen and oxygen atoms in total. The second-order valence-corrected chi connectivity index (χ2v) is 4.92. The predicted molar refractivity (Wildman–Crippen MR) is 79.0 cm³/mol. The van der Waals surface area contributed by atoms with Crippen molar-refractivity contribution in [2.24, 2.45) is 0 Å². The molecular formula is C14H13BrN2O3. The zero-order valence-electron chi connectivity index (χ0n) is 10.8. The second-order valence-electron chi connectivity index (χ2n) is 4.07. The van der Waals surface area contributed by atoms with Gasteiger partial charge in [-0.05, 0) is 12.1 Å². The Morgan fingerprint density at radius 1 is 1.45 bits per heavy atom. The molecule has 0 bridgehead atoms. The first kappa shape index (κ1) is 14.5. The molecule has 0 aliphatic carbocycles. The molecule has 2 rings (SSSR count). The van der Waals surface area contributed by atoms with E-state index in [1.54, 1.807) is 24.4 Å². The number of aliphatic hydroxyl groups excluding tert-OH is 1. The Morgan fingerprint density at radius 2 is 2.20 bits per heavy atom. The highest BCUT2D eigenvalue weighted by Crippen LogP contribution is 2.37. The molecule has 1 heterocycles. The number of carbonyl (C=O) groups is 1. The number of ether oxygens (including phenoxy) is 1. The third kappa shape index (κ3) is 2.52. The van der Waals surface area contributed by atoms with Gasteiger partial charge in [0.2, 0.25) is 0 Å². The molecule has 1 aromatic heterocycles. The summed E-state index contributed by atoms with van der Waals surface area (Å²) < 4.78 is 5.48. The van der Waals surface area contributed by atoms with E-state index in [1.165, 1.54) is 13.3 Å². The number of anilines is 1. The monoisotopic (exact) mass is 336 g/mol. The summed E-state index contributed by atoms with van der Waals surface area (Å²) in [7, 11) is 1.31. The Labute approximate surface area is 124 Å². The van der Waals surface area contributed by atoms with Gasteiger partial charge in [0.15, 0.2) is 0 Å². The standard InChI is InChI=1S/C14H13BrN2O3/c1-20-14(19)9-4-5-17-6-10(9)12-11(15)3-2-8(7-18)13(12)16/h2-6,18H,7,16H2,1H3. The van der Waals surface area contributed by atoms with E-state index in [9.17, 15) is 9.90 Å². The summed E-state index contributed by atoms with van der Waals surface area (Å²) in [6.07, 6.45) is 3.06. The zero-order valence-corrected chi connectivity index (χ0v) is 12.3. The van der Waals surface area contributed by atoms with Gasteiger partial charge in [0, 0.05) is 39.2 Å². The lowest BCUT2D eigenvalue weighted by molar-refractivity contribution is 0.0601. The first-order valence-electron chi connectivity index (χ1n) is 5.80. The van der Waals surface area contributed by atoms with Crippen molar-refractivity contribution >= 4 is 27.6 Å². The quantitative estimate of drug-likeness (QED) is 0.663. The molecule has 0 saturated heterocycles. The van der Waals surface area contributed by atoms with Crippen LogP contribution in [0.25, 0.3) is 11.1 Å². The molecule has 0 amide bonds. The van der Waals surface area contributed by atoms with Gasteiger partial charge in [-0.1, -0.05) is 22.0 Å². The SMILES string of the molecule is COC(=O)c1ccncc1-c1c(Br)ccc(CO)c1N. The maximum Gasteiger partial charge on any atom is 0.338 e. The van der Waals surface area contributed by atoms with Gasteiger partial charge in [-0.15, -0.1) is 0 Å². The fourth-order valence-electron chi connectivity index (χ4n) is 1.93. The van der Waals surface area contributed by atoms with Gasteiger partial charge in [-0.3, -0.25) is 4.98 Å². The third-order valence-electron chi connectivity index (χ3n) is 2.95. The van der Waals surface area contributed by atoms with Crippen LogP contribution in [0.3, 0.4) is 0 Å². The number of nitrogen functional groups attached to an aromatic ring is 1. The number of esters is 1. The van der Waals surface area contributed by atoms with E-state index >= 15 is 0 Å². The molecular weight excluding hydrogens is 324 g/mol. The van der Waals surface area contributed by atoms with Crippen molar-refractivity contribution in [1.29, 1.82) is 0 Å². The first-order chi connectivity index (χ1) is 9.60. The Hall–Kier alpha value is -1.92. The highest BCUT2D eigenvalue weighted by Gasteiger charge is 2.18. The average Bonchev–Trinajstić information content (AvgIpc) is 2.47. The van der Waals surface area contributed by atoms with Crippen molar-refractivity contribution in [3.8, 4) is 11.1 Å². The number of nitrogens with two attached hydrogens (primary N) is 1. The predicted octanol–water partition coefficient (Wildman–Crippen LogP) is 2.37. The fraction of sp³-hybridized carbons (Fsp3) is 0.143. The molecule has 0 spiro atoms. The molecule has 20 heavy (non-hydrogen) atoms. The topological polar surface area (TPSA) is 85.4 Å². The maximum absolute atomic E-state index is 11.8. The lowest BCUT2D eigenvalue weighted by Gasteiger charge is -2.14. The number of nitrogens with zero attached hydrogens (tertiary/aromatic N) is 1. The van der Waals surface area contributed by atoms with Gasteiger partial charge in [0.1, 0.15) is 0 Å². The molecule has 0 fully saturated rings. The van der Waals surface area contributed by atoms with Crippen LogP contribution in [0.4, 0.5) is 5.69 Å². The van der Waals surface area contributed by atoms with E-state index in [1.807, 2.05) is 0 Å². The van der Waals surface area contributed by atoms with Gasteiger partial charge in [0.05, 0.1) is 19.3 Å². The van der Waals surface area contributed by atoms with Crippen LogP contribution in [0.5, 0.6) is 0 Å². The van der Waals surface area contributed by atoms with E-state index in [0.717, 1.165) is 0 Å². The van der Waals surface area contributed by atoms with Gasteiger partial charge in [0.25, 0.3) is 0 Å². The van der Waals surface area contributed by atoms with Crippen LogP contribution in [0.15, 0.2) is 35.1 Å². The minimum Gasteiger partial charge on any atom is -0.465 e. The van der Waals surface area contributed by atoms with Crippen LogP contribution in [0, 0.1) is 0 Å². The number of aromatic nitrogens is 1. The second kappa shape index (κ2) is 6.02. The molecule has 1 aromatic carbocycles. The Morgan fingerprint density at radius 3 is 2.85 bits per heavy atom. The van der Waals surface area contributed by atoms with Crippen LogP contribution in [0.1, 0.15) is 15.9 Å². The summed E-state index contributed by atoms with van der Waals surface area (Å²) in [5, 5.41) is 9.30. The van der Waals surface area contributed by atoms with Crippen molar-refractivity contribution in [1.82, 2.24) is 4.98 Å². The van der Waals surface area contributed by atoms with Crippen molar-refractivity contribution in [2.45, 2.75) is 6.61 Å². The number of benzene rings is 1. The largest absolute Gasteiger partial charge is 0.465 e. The summed E-state index contributed by atoms with van der Waals surface area (Å²) in [5.74, 6) is -0.469. The molecule has 0 radical (unpaired) electrons. The molecule has 104 valence electrons. The molecule has 0 aliphatic rings. The molecule has 6 heteroatoms. The van der Waals surface area contributed by atoms with Crippen LogP contribution < -0.4 is 5.73 Å². The number of halogens is 1. The number of hydrogen-bond donors (Lipinski definition) is 2. The fourth-order valence-corrected chi connectivity index (χ4v) is 2.49. The number of carbonyl (C=O) groups excluding carboxylic acids is 1. The summed E-state index contributed by atoms with van der Waals surface area (Å²) >= 11 is 3.41. The Kier molecular flexibility index (Phi) is 4.36. The maximum atomic E-state index is 11.8. The van der Waals surface area contributed by atoms with Crippen molar-refractivity contribution in [3.05, 3.63) is 46.2 Å². The normalized spacial score (nSPS) is 10.3. The van der Waals surface area contributed by atoms with Gasteiger partial charge in [-0.25, -0.2) is 4.79 Å². The Balaban J connectivity index is 2.72. The number of aliphatic hydroxyl groups is 1. The van der Waals surface area contributed by atoms with Crippen LogP contribution in [-0.4, -0.2) is 23.2 Å². The van der Waals surface area contributed by atoms with Crippen molar-refractivity contribution in [2.75, 3.05) is 12.8 Å². The lowest BCUT2D eigenvalue weighted by Crippen LogP contribution is -2.06. The van der Waals surface area contributed by atoms with Crippen LogP contribution in [0.2, 0.25) is 0 Å². The third-order valence-corrected chi connectivity index (χ3v) is 3.61. The van der Waals surface area contributed by atoms with E-state index in [0.29, 0.717) is 32.4 Å². The molecule has 0 atom stereocenters. The minimum atomic E-state index is -0.469. The number of pyridine rings is 1. The van der Waals surface area contributed by atoms with E-state index in [4.69, 9.17) is 10.5 Å². The van der Waals surface area contributed by atoms with Gasteiger partial charge in [-0.2, -0.15) is 0 Å². The average molecular weight is 337 g/mol. The Bertz CT molecular complexity index is 659. The van der Waals surface area contributed by atoms with E-state index in [2.05, 4.69) is 20.9 Å². The van der Waals surface area contributed by atoms with E-state index < -0.39 is 5.97 Å². The summed E-state index contributed by atoms with van der Waals surface area (Å²) in [6, 6.07) is 5.06. The van der Waals surface area contributed by atoms with Crippen molar-refractivity contribution in [3.63, 3.8) is 0 Å². The van der Waals surface area contributed by atoms with Crippen LogP contribution in [-0.2, 0) is 11.3 Å². The van der Waals surface area contributed by atoms with Crippen LogP contribution >= 0.6 is 15.9 Å². The first-order valence-corrected chi connectivity index (χ1v) is 6.59. The highest BCUT2D eigenvalue weighted by molar-refractivity contribution is 9.10. The molecule has 0 aliphatic heterocycles. The van der Waals surface area contributed by atoms with Gasteiger partial charge >= 0.3 is 5.97 Å². The van der Waals surface area contributed by atoms with Crippen molar-refractivity contribution < 1.29 is 14.6 Å². The number of rotatable bonds is 3. The highest BCUT2D eigenvalue weighted by atomic mass is 79.9. The molecule has 2 aromatic rings. The summed E-state index contributed by atoms with van der Waals surface area (Å²) in [4.78, 5) is 15.9. The zero-order chi connectivity index (χ0) is 14.7. The van der Waals surface area contributed by atoms with E-state index in [-0.39, 0.29) is 6.61 Å². The molecule has 0 unspecified atom stereocenters. The van der Waals surface area contributed by atoms with Gasteiger partial charge < -0.3 is 15.6 Å². The summed E-state index contributed by atoms with van der Waals surface area (Å²) in [6.45, 7) is -0.181. The number of hydrogen-bond acceptors (Lipinski definition) is 5. The summed E-state index contributed by atoms with van der Waals surface area (Å²) in [5.41, 5.74) is 8.59. The molecule has 3 N–H and O–H groups in total. The molecule has 0 saturated carbocycles.